The first-order chi connectivity index (χ1) is 19.4. The van der Waals surface area contributed by atoms with Crippen molar-refractivity contribution in [3.63, 3.8) is 0 Å². The van der Waals surface area contributed by atoms with Gasteiger partial charge in [0.25, 0.3) is 0 Å². The Morgan fingerprint density at radius 1 is 1.24 bits per heavy atom. The summed E-state index contributed by atoms with van der Waals surface area (Å²) in [6.07, 6.45) is 1.95. The van der Waals surface area contributed by atoms with Gasteiger partial charge in [-0.1, -0.05) is 25.1 Å². The van der Waals surface area contributed by atoms with Crippen molar-refractivity contribution in [2.24, 2.45) is 11.8 Å². The zero-order chi connectivity index (χ0) is 28.9. The van der Waals surface area contributed by atoms with Gasteiger partial charge >= 0.3 is 6.18 Å². The molecule has 2 N–H and O–H groups in total. The number of aromatic hydroxyl groups is 1. The van der Waals surface area contributed by atoms with Crippen LogP contribution in [0.1, 0.15) is 54.9 Å². The number of piperidine rings is 1. The highest BCUT2D eigenvalue weighted by Gasteiger charge is 2.74. The molecule has 2 heterocycles. The number of amides is 1. The first-order valence-electron chi connectivity index (χ1n) is 14.5. The Labute approximate surface area is 237 Å². The number of carbonyl (C=O) groups is 1. The summed E-state index contributed by atoms with van der Waals surface area (Å²) in [6.45, 7) is 3.82. The fourth-order valence-electron chi connectivity index (χ4n) is 8.56. The minimum Gasteiger partial charge on any atom is -0.504 e. The molecule has 2 aliphatic heterocycles. The highest BCUT2D eigenvalue weighted by molar-refractivity contribution is 5.92. The van der Waals surface area contributed by atoms with Crippen LogP contribution in [-0.4, -0.2) is 69.8 Å². The van der Waals surface area contributed by atoms with Crippen LogP contribution >= 0.6 is 0 Å². The summed E-state index contributed by atoms with van der Waals surface area (Å²) >= 11 is 0. The second-order valence-corrected chi connectivity index (χ2v) is 12.9. The van der Waals surface area contributed by atoms with E-state index < -0.39 is 34.9 Å². The third-order valence-electron chi connectivity index (χ3n) is 10.5. The number of carbonyl (C=O) groups excluding carboxylic acids is 1. The molecule has 9 heteroatoms. The lowest BCUT2D eigenvalue weighted by molar-refractivity contribution is -0.212. The van der Waals surface area contributed by atoms with E-state index in [1.807, 2.05) is 13.0 Å². The summed E-state index contributed by atoms with van der Waals surface area (Å²) in [7, 11) is 1.69. The van der Waals surface area contributed by atoms with Crippen LogP contribution < -0.4 is 4.74 Å². The predicted molar refractivity (Wildman–Crippen MR) is 146 cm³/mol. The van der Waals surface area contributed by atoms with E-state index in [9.17, 15) is 28.2 Å². The van der Waals surface area contributed by atoms with Crippen molar-refractivity contribution in [1.82, 2.24) is 9.80 Å². The lowest BCUT2D eigenvalue weighted by Gasteiger charge is -2.66. The van der Waals surface area contributed by atoms with Gasteiger partial charge in [0, 0.05) is 31.3 Å². The van der Waals surface area contributed by atoms with Gasteiger partial charge in [-0.25, -0.2) is 0 Å². The average molecular weight is 569 g/mol. The van der Waals surface area contributed by atoms with Gasteiger partial charge in [-0.15, -0.1) is 0 Å². The Bertz CT molecular complexity index is 1440. The largest absolute Gasteiger partial charge is 0.504 e. The third-order valence-corrected chi connectivity index (χ3v) is 10.5. The maximum atomic E-state index is 13.5. The van der Waals surface area contributed by atoms with Crippen LogP contribution in [0.3, 0.4) is 0 Å². The summed E-state index contributed by atoms with van der Waals surface area (Å²) in [6, 6.07) is 8.00. The number of hydrogen-bond acceptors (Lipinski definition) is 5. The van der Waals surface area contributed by atoms with Gasteiger partial charge in [0.2, 0.25) is 5.91 Å². The highest BCUT2D eigenvalue weighted by atomic mass is 19.4. The van der Waals surface area contributed by atoms with Crippen LogP contribution in [0.2, 0.25) is 0 Å². The molecular formula is C32H35F3N2O4. The molecular weight excluding hydrogens is 533 g/mol. The van der Waals surface area contributed by atoms with Gasteiger partial charge in [-0.3, -0.25) is 9.69 Å². The van der Waals surface area contributed by atoms with Crippen LogP contribution in [0.5, 0.6) is 11.5 Å². The maximum absolute atomic E-state index is 13.5. The zero-order valence-corrected chi connectivity index (χ0v) is 23.2. The molecule has 41 heavy (non-hydrogen) atoms. The normalized spacial score (nSPS) is 33.9. The Kier molecular flexibility index (Phi) is 5.88. The molecule has 2 aromatic carbocycles. The number of likely N-dealkylation sites (N-methyl/N-ethyl adjacent to an activating group) is 1. The van der Waals surface area contributed by atoms with Crippen LogP contribution in [0, 0.1) is 11.8 Å². The molecule has 6 atom stereocenters. The van der Waals surface area contributed by atoms with Gasteiger partial charge in [-0.05, 0) is 85.9 Å². The molecule has 3 aliphatic carbocycles. The quantitative estimate of drug-likeness (QED) is 0.509. The molecule has 0 unspecified atom stereocenters. The van der Waals surface area contributed by atoms with E-state index >= 15 is 0 Å². The topological polar surface area (TPSA) is 73.2 Å². The molecule has 0 radical (unpaired) electrons. The Hall–Kier alpha value is -3.04. The van der Waals surface area contributed by atoms with Crippen LogP contribution in [-0.2, 0) is 22.8 Å². The van der Waals surface area contributed by atoms with Crippen molar-refractivity contribution in [2.45, 2.75) is 74.4 Å². The Balaban J connectivity index is 1.24. The fourth-order valence-corrected chi connectivity index (χ4v) is 8.56. The number of phenolic OH excluding ortho intramolecular Hbond substituents is 1. The molecule has 218 valence electrons. The predicted octanol–water partition coefficient (Wildman–Crippen LogP) is 4.76. The number of ether oxygens (including phenoxy) is 1. The van der Waals surface area contributed by atoms with E-state index in [1.165, 1.54) is 37.1 Å². The number of aliphatic hydroxyl groups is 1. The summed E-state index contributed by atoms with van der Waals surface area (Å²) < 4.78 is 46.1. The molecule has 1 amide bonds. The Morgan fingerprint density at radius 3 is 2.76 bits per heavy atom. The number of likely N-dealkylation sites (tertiary alicyclic amines) is 1. The van der Waals surface area contributed by atoms with Crippen molar-refractivity contribution in [3.8, 4) is 11.5 Å². The summed E-state index contributed by atoms with van der Waals surface area (Å²) in [4.78, 5) is 17.6. The minimum absolute atomic E-state index is 0.0403. The lowest BCUT2D eigenvalue weighted by Crippen LogP contribution is -2.79. The van der Waals surface area contributed by atoms with E-state index in [-0.39, 0.29) is 29.2 Å². The number of benzene rings is 2. The molecule has 2 aromatic rings. The molecule has 1 spiro atoms. The monoisotopic (exact) mass is 568 g/mol. The van der Waals surface area contributed by atoms with Crippen molar-refractivity contribution >= 4 is 12.0 Å². The molecule has 2 saturated carbocycles. The molecule has 3 fully saturated rings. The lowest BCUT2D eigenvalue weighted by atomic mass is 9.46. The van der Waals surface area contributed by atoms with Gasteiger partial charge in [0.1, 0.15) is 6.10 Å². The third kappa shape index (κ3) is 3.88. The van der Waals surface area contributed by atoms with Crippen LogP contribution in [0.25, 0.3) is 6.08 Å². The number of phenols is 1. The number of hydrogen-bond donors (Lipinski definition) is 2. The van der Waals surface area contributed by atoms with E-state index in [0.717, 1.165) is 36.3 Å². The van der Waals surface area contributed by atoms with E-state index in [1.54, 1.807) is 18.0 Å². The number of alkyl halides is 3. The van der Waals surface area contributed by atoms with Crippen LogP contribution in [0.15, 0.2) is 42.5 Å². The second-order valence-electron chi connectivity index (χ2n) is 12.9. The average Bonchev–Trinajstić information content (AvgIpc) is 3.67. The standard InChI is InChI=1S/C32H35F3N2O4/c1-18-16-31(40)24-15-21-9-10-23(38)28-26(21)30(31,12-13-37(24)17-20-6-7-20)29(41-28)27(18)36(2)25(39)11-8-19-4-3-5-22(14-19)32(33,34)35/h3-5,8-11,14,18,20,24,27,29,38,40H,6-7,12-13,15-17H2,1-2H3/t18-,24+,27+,29-,30-,31+/m0/s1. The number of rotatable bonds is 5. The van der Waals surface area contributed by atoms with Gasteiger partial charge < -0.3 is 19.8 Å². The van der Waals surface area contributed by atoms with E-state index in [4.69, 9.17) is 4.74 Å². The van der Waals surface area contributed by atoms with Crippen molar-refractivity contribution in [1.29, 1.82) is 0 Å². The van der Waals surface area contributed by atoms with E-state index in [0.29, 0.717) is 30.9 Å². The fraction of sp³-hybridized carbons (Fsp3) is 0.531. The molecule has 5 aliphatic rings. The molecule has 2 bridgehead atoms. The SMILES string of the molecule is C[C@H]1C[C@@]2(O)[C@H]3Cc4ccc(O)c5c4[C@@]2(CCN3CC2CC2)[C@@H](O5)[C@@H]1N(C)C(=O)C=Cc1cccc(C(F)(F)F)c1. The van der Waals surface area contributed by atoms with Crippen molar-refractivity contribution < 1.29 is 32.9 Å². The Morgan fingerprint density at radius 2 is 2.02 bits per heavy atom. The maximum Gasteiger partial charge on any atom is 0.416 e. The van der Waals surface area contributed by atoms with Crippen LogP contribution in [0.4, 0.5) is 13.2 Å². The van der Waals surface area contributed by atoms with Crippen molar-refractivity contribution in [3.05, 3.63) is 64.7 Å². The molecule has 1 saturated heterocycles. The van der Waals surface area contributed by atoms with E-state index in [2.05, 4.69) is 4.90 Å². The molecule has 7 rings (SSSR count). The minimum atomic E-state index is -4.47. The summed E-state index contributed by atoms with van der Waals surface area (Å²) in [5.41, 5.74) is -0.358. The van der Waals surface area contributed by atoms with Crippen molar-refractivity contribution in [2.75, 3.05) is 20.1 Å². The molecule has 0 aromatic heterocycles. The van der Waals surface area contributed by atoms with Gasteiger partial charge in [0.05, 0.1) is 22.6 Å². The number of halogens is 3. The summed E-state index contributed by atoms with van der Waals surface area (Å²) in [5, 5.41) is 23.6. The summed E-state index contributed by atoms with van der Waals surface area (Å²) in [5.74, 6) is 0.651. The zero-order valence-electron chi connectivity index (χ0n) is 23.2. The highest BCUT2D eigenvalue weighted by Crippen LogP contribution is 2.66. The second kappa shape index (κ2) is 8.98. The first kappa shape index (κ1) is 26.8. The first-order valence-corrected chi connectivity index (χ1v) is 14.5. The smallest absolute Gasteiger partial charge is 0.416 e. The molecule has 6 nitrogen and oxygen atoms in total. The number of nitrogens with zero attached hydrogens (tertiary/aromatic N) is 2. The van der Waals surface area contributed by atoms with Gasteiger partial charge in [-0.2, -0.15) is 13.2 Å². The van der Waals surface area contributed by atoms with Gasteiger partial charge in [0.15, 0.2) is 11.5 Å².